The van der Waals surface area contributed by atoms with Crippen LogP contribution in [-0.2, 0) is 10.0 Å². The zero-order valence-corrected chi connectivity index (χ0v) is 11.5. The number of nitriles is 1. The number of nitrogens with zero attached hydrogens (tertiary/aromatic N) is 2. The van der Waals surface area contributed by atoms with E-state index in [0.29, 0.717) is 0 Å². The highest BCUT2D eigenvalue weighted by atomic mass is 35.5. The van der Waals surface area contributed by atoms with E-state index in [9.17, 15) is 13.5 Å². The van der Waals surface area contributed by atoms with E-state index in [1.165, 1.54) is 32.2 Å². The first kappa shape index (κ1) is 14.9. The molecule has 0 aromatic heterocycles. The van der Waals surface area contributed by atoms with Gasteiger partial charge in [-0.05, 0) is 25.1 Å². The van der Waals surface area contributed by atoms with Crippen LogP contribution >= 0.6 is 11.6 Å². The summed E-state index contributed by atoms with van der Waals surface area (Å²) in [5.41, 5.74) is 0.0249. The molecule has 0 spiro atoms. The molecule has 1 N–H and O–H groups in total. The number of rotatable bonds is 4. The number of hydrogen-bond donors (Lipinski definition) is 1. The molecular weight excluding hydrogens is 276 g/mol. The van der Waals surface area contributed by atoms with Crippen molar-refractivity contribution in [2.24, 2.45) is 0 Å². The van der Waals surface area contributed by atoms with E-state index < -0.39 is 16.1 Å². The van der Waals surface area contributed by atoms with Crippen molar-refractivity contribution in [2.45, 2.75) is 17.9 Å². The third kappa shape index (κ3) is 3.21. The minimum absolute atomic E-state index is 0.0249. The molecule has 0 fully saturated rings. The van der Waals surface area contributed by atoms with Gasteiger partial charge in [-0.1, -0.05) is 11.6 Å². The lowest BCUT2D eigenvalue weighted by molar-refractivity contribution is 0.171. The first-order valence-corrected chi connectivity index (χ1v) is 6.95. The Kier molecular flexibility index (Phi) is 4.71. The number of aliphatic hydroxyl groups excluding tert-OH is 1. The Bertz CT molecular complexity index is 578. The van der Waals surface area contributed by atoms with Crippen LogP contribution in [0.15, 0.2) is 23.1 Å². The lowest BCUT2D eigenvalue weighted by Gasteiger charge is -2.19. The molecule has 1 atom stereocenters. The summed E-state index contributed by atoms with van der Waals surface area (Å²) >= 11 is 5.75. The highest BCUT2D eigenvalue weighted by molar-refractivity contribution is 7.89. The molecule has 98 valence electrons. The molecule has 0 radical (unpaired) electrons. The van der Waals surface area contributed by atoms with Crippen LogP contribution in [0.5, 0.6) is 0 Å². The monoisotopic (exact) mass is 288 g/mol. The van der Waals surface area contributed by atoms with Gasteiger partial charge in [0.05, 0.1) is 11.7 Å². The second-order valence-corrected chi connectivity index (χ2v) is 6.34. The van der Waals surface area contributed by atoms with Crippen molar-refractivity contribution >= 4 is 21.6 Å². The summed E-state index contributed by atoms with van der Waals surface area (Å²) in [7, 11) is -2.50. The van der Waals surface area contributed by atoms with Crippen LogP contribution in [0.3, 0.4) is 0 Å². The second-order valence-electron chi connectivity index (χ2n) is 3.89. The number of halogens is 1. The lowest BCUT2D eigenvalue weighted by atomic mass is 10.2. The van der Waals surface area contributed by atoms with Crippen molar-refractivity contribution in [2.75, 3.05) is 13.6 Å². The fourth-order valence-electron chi connectivity index (χ4n) is 1.44. The number of hydrogen-bond acceptors (Lipinski definition) is 4. The lowest BCUT2D eigenvalue weighted by Crippen LogP contribution is -2.33. The summed E-state index contributed by atoms with van der Waals surface area (Å²) in [5.74, 6) is 0. The molecule has 7 heteroatoms. The zero-order valence-electron chi connectivity index (χ0n) is 9.96. The van der Waals surface area contributed by atoms with Crippen LogP contribution in [0.2, 0.25) is 5.02 Å². The third-order valence-electron chi connectivity index (χ3n) is 2.27. The predicted molar refractivity (Wildman–Crippen MR) is 67.7 cm³/mol. The number of aliphatic hydroxyl groups is 1. The average Bonchev–Trinajstić information content (AvgIpc) is 2.28. The molecule has 5 nitrogen and oxygen atoms in total. The number of sulfonamides is 1. The maximum Gasteiger partial charge on any atom is 0.244 e. The molecule has 0 amide bonds. The van der Waals surface area contributed by atoms with Crippen LogP contribution in [0, 0.1) is 11.3 Å². The first-order chi connectivity index (χ1) is 8.28. The van der Waals surface area contributed by atoms with Crippen LogP contribution in [0.25, 0.3) is 0 Å². The maximum absolute atomic E-state index is 12.2. The molecule has 0 saturated carbocycles. The van der Waals surface area contributed by atoms with Crippen molar-refractivity contribution in [3.05, 3.63) is 28.8 Å². The van der Waals surface area contributed by atoms with Crippen LogP contribution in [-0.4, -0.2) is 37.5 Å². The van der Waals surface area contributed by atoms with E-state index >= 15 is 0 Å². The van der Waals surface area contributed by atoms with Gasteiger partial charge in [-0.15, -0.1) is 0 Å². The Labute approximate surface area is 111 Å². The summed E-state index contributed by atoms with van der Waals surface area (Å²) in [5, 5.41) is 18.4. The molecule has 0 saturated heterocycles. The summed E-state index contributed by atoms with van der Waals surface area (Å²) in [6.45, 7) is 1.43. The first-order valence-electron chi connectivity index (χ1n) is 5.13. The topological polar surface area (TPSA) is 81.4 Å². The average molecular weight is 289 g/mol. The van der Waals surface area contributed by atoms with Gasteiger partial charge in [0.25, 0.3) is 0 Å². The number of benzene rings is 1. The zero-order chi connectivity index (χ0) is 13.9. The number of likely N-dealkylation sites (N-methyl/N-ethyl adjacent to an activating group) is 1. The van der Waals surface area contributed by atoms with Crippen molar-refractivity contribution in [1.29, 1.82) is 5.26 Å². The minimum atomic E-state index is -3.83. The van der Waals surface area contributed by atoms with E-state index in [1.54, 1.807) is 0 Å². The van der Waals surface area contributed by atoms with E-state index in [2.05, 4.69) is 0 Å². The van der Waals surface area contributed by atoms with Gasteiger partial charge < -0.3 is 5.11 Å². The van der Waals surface area contributed by atoms with Gasteiger partial charge in [0.15, 0.2) is 0 Å². The van der Waals surface area contributed by atoms with Crippen LogP contribution in [0.1, 0.15) is 12.5 Å². The van der Waals surface area contributed by atoms with E-state index in [-0.39, 0.29) is 22.0 Å². The second kappa shape index (κ2) is 5.67. The van der Waals surface area contributed by atoms with Crippen molar-refractivity contribution in [3.8, 4) is 6.07 Å². The standard InChI is InChI=1S/C11H13ClN2O3S/c1-8(15)7-14(2)18(16,17)11-5-10(12)4-3-9(11)6-13/h3-5,8,15H,7H2,1-2H3. The summed E-state index contributed by atoms with van der Waals surface area (Å²) < 4.78 is 25.4. The normalized spacial score (nSPS) is 13.3. The van der Waals surface area contributed by atoms with Gasteiger partial charge in [-0.3, -0.25) is 0 Å². The molecule has 18 heavy (non-hydrogen) atoms. The fourth-order valence-corrected chi connectivity index (χ4v) is 3.09. The Morgan fingerprint density at radius 1 is 1.56 bits per heavy atom. The molecule has 0 heterocycles. The van der Waals surface area contributed by atoms with Crippen molar-refractivity contribution in [3.63, 3.8) is 0 Å². The molecular formula is C11H13ClN2O3S. The molecule has 1 aromatic carbocycles. The van der Waals surface area contributed by atoms with Crippen LogP contribution < -0.4 is 0 Å². The quantitative estimate of drug-likeness (QED) is 0.903. The molecule has 0 aliphatic heterocycles. The summed E-state index contributed by atoms with van der Waals surface area (Å²) in [6, 6.07) is 5.85. The van der Waals surface area contributed by atoms with Crippen molar-refractivity contribution < 1.29 is 13.5 Å². The third-order valence-corrected chi connectivity index (χ3v) is 4.37. The Hall–Kier alpha value is -1.13. The van der Waals surface area contributed by atoms with Crippen LogP contribution in [0.4, 0.5) is 0 Å². The Morgan fingerprint density at radius 2 is 2.17 bits per heavy atom. The molecule has 0 bridgehead atoms. The summed E-state index contributed by atoms with van der Waals surface area (Å²) in [4.78, 5) is -0.152. The van der Waals surface area contributed by atoms with Gasteiger partial charge >= 0.3 is 0 Å². The van der Waals surface area contributed by atoms with E-state index in [4.69, 9.17) is 16.9 Å². The largest absolute Gasteiger partial charge is 0.392 e. The van der Waals surface area contributed by atoms with Gasteiger partial charge in [-0.25, -0.2) is 8.42 Å². The van der Waals surface area contributed by atoms with Gasteiger partial charge in [0, 0.05) is 18.6 Å². The smallest absolute Gasteiger partial charge is 0.244 e. The predicted octanol–water partition coefficient (Wildman–Crippen LogP) is 1.21. The molecule has 1 aromatic rings. The molecule has 1 rings (SSSR count). The van der Waals surface area contributed by atoms with Crippen molar-refractivity contribution in [1.82, 2.24) is 4.31 Å². The van der Waals surface area contributed by atoms with Gasteiger partial charge in [-0.2, -0.15) is 9.57 Å². The molecule has 0 aliphatic carbocycles. The fraction of sp³-hybridized carbons (Fsp3) is 0.364. The minimum Gasteiger partial charge on any atom is -0.392 e. The Balaban J connectivity index is 3.28. The Morgan fingerprint density at radius 3 is 2.67 bits per heavy atom. The maximum atomic E-state index is 12.2. The van der Waals surface area contributed by atoms with E-state index in [1.807, 2.05) is 6.07 Å². The highest BCUT2D eigenvalue weighted by Gasteiger charge is 2.25. The van der Waals surface area contributed by atoms with Gasteiger partial charge in [0.1, 0.15) is 11.0 Å². The SMILES string of the molecule is CC(O)CN(C)S(=O)(=O)c1cc(Cl)ccc1C#N. The molecule has 0 aliphatic rings. The highest BCUT2D eigenvalue weighted by Crippen LogP contribution is 2.23. The summed E-state index contributed by atoms with van der Waals surface area (Å²) in [6.07, 6.45) is -0.797. The van der Waals surface area contributed by atoms with Gasteiger partial charge in [0.2, 0.25) is 10.0 Å². The molecule has 1 unspecified atom stereocenters. The van der Waals surface area contributed by atoms with E-state index in [0.717, 1.165) is 4.31 Å².